The topological polar surface area (TPSA) is 66.5 Å². The minimum Gasteiger partial charge on any atom is -0.325 e. The summed E-state index contributed by atoms with van der Waals surface area (Å²) in [4.78, 5) is 8.37. The second-order valence-corrected chi connectivity index (χ2v) is 3.77. The largest absolute Gasteiger partial charge is 0.325 e. The summed E-state index contributed by atoms with van der Waals surface area (Å²) in [6.07, 6.45) is 7.04. The van der Waals surface area contributed by atoms with E-state index in [4.69, 9.17) is 0 Å². The van der Waals surface area contributed by atoms with Crippen LogP contribution in [0.2, 0.25) is 0 Å². The number of nitrogens with zero attached hydrogens (tertiary/aromatic N) is 3. The highest BCUT2D eigenvalue weighted by atomic mass is 15.2. The van der Waals surface area contributed by atoms with Crippen LogP contribution in [-0.2, 0) is 0 Å². The molecule has 0 bridgehead atoms. The first-order chi connectivity index (χ1) is 8.92. The molecule has 5 heteroatoms. The fourth-order valence-electron chi connectivity index (χ4n) is 1.68. The van der Waals surface area contributed by atoms with Gasteiger partial charge in [0.25, 0.3) is 0 Å². The number of rotatable bonds is 3. The average molecular weight is 237 g/mol. The molecule has 0 radical (unpaired) electrons. The van der Waals surface area contributed by atoms with Crippen molar-refractivity contribution < 1.29 is 0 Å². The van der Waals surface area contributed by atoms with Crippen molar-refractivity contribution in [3.05, 3.63) is 55.1 Å². The van der Waals surface area contributed by atoms with Crippen LogP contribution in [0.3, 0.4) is 0 Å². The lowest BCUT2D eigenvalue weighted by molar-refractivity contribution is 1.09. The maximum absolute atomic E-state index is 4.26. The quantitative estimate of drug-likeness (QED) is 0.734. The maximum atomic E-state index is 4.26. The Hall–Kier alpha value is -2.69. The van der Waals surface area contributed by atoms with Crippen molar-refractivity contribution in [2.45, 2.75) is 0 Å². The van der Waals surface area contributed by atoms with Crippen LogP contribution in [0.4, 0.5) is 11.6 Å². The number of aromatic nitrogens is 4. The fraction of sp³-hybridized carbons (Fsp3) is 0. The Morgan fingerprint density at radius 3 is 2.78 bits per heavy atom. The highest BCUT2D eigenvalue weighted by Crippen LogP contribution is 2.21. The molecule has 0 unspecified atom stereocenters. The summed E-state index contributed by atoms with van der Waals surface area (Å²) in [7, 11) is 0. The lowest BCUT2D eigenvalue weighted by atomic mass is 10.1. The lowest BCUT2D eigenvalue weighted by Gasteiger charge is -2.05. The zero-order chi connectivity index (χ0) is 12.2. The SMILES string of the molecule is c1cncc(-c2ccnc(Nc3ccn[nH]3)c2)c1. The van der Waals surface area contributed by atoms with E-state index in [0.29, 0.717) is 0 Å². The van der Waals surface area contributed by atoms with Crippen molar-refractivity contribution in [2.75, 3.05) is 5.32 Å². The minimum atomic E-state index is 0.764. The van der Waals surface area contributed by atoms with Gasteiger partial charge >= 0.3 is 0 Å². The second-order valence-electron chi connectivity index (χ2n) is 3.77. The van der Waals surface area contributed by atoms with Crippen molar-refractivity contribution in [3.8, 4) is 11.1 Å². The molecule has 0 aliphatic rings. The third-order valence-electron chi connectivity index (χ3n) is 2.52. The third kappa shape index (κ3) is 2.20. The average Bonchev–Trinajstić information content (AvgIpc) is 2.93. The van der Waals surface area contributed by atoms with Gasteiger partial charge in [-0.15, -0.1) is 0 Å². The molecule has 3 heterocycles. The van der Waals surface area contributed by atoms with Crippen molar-refractivity contribution >= 4 is 11.6 Å². The molecule has 0 saturated heterocycles. The van der Waals surface area contributed by atoms with Gasteiger partial charge in [-0.1, -0.05) is 6.07 Å². The van der Waals surface area contributed by atoms with Crippen LogP contribution in [0.1, 0.15) is 0 Å². The Bertz CT molecular complexity index is 619. The van der Waals surface area contributed by atoms with E-state index in [1.807, 2.05) is 36.5 Å². The monoisotopic (exact) mass is 237 g/mol. The Labute approximate surface area is 104 Å². The predicted octanol–water partition coefficient (Wildman–Crippen LogP) is 2.61. The molecule has 0 fully saturated rings. The van der Waals surface area contributed by atoms with Gasteiger partial charge < -0.3 is 5.32 Å². The van der Waals surface area contributed by atoms with Crippen LogP contribution in [-0.4, -0.2) is 20.2 Å². The normalized spacial score (nSPS) is 10.2. The van der Waals surface area contributed by atoms with Crippen molar-refractivity contribution in [1.82, 2.24) is 20.2 Å². The molecule has 3 aromatic heterocycles. The second kappa shape index (κ2) is 4.67. The van der Waals surface area contributed by atoms with Gasteiger partial charge in [0, 0.05) is 30.2 Å². The first-order valence-corrected chi connectivity index (χ1v) is 5.55. The molecular weight excluding hydrogens is 226 g/mol. The number of aromatic amines is 1. The van der Waals surface area contributed by atoms with Gasteiger partial charge in [0.05, 0.1) is 6.20 Å². The lowest BCUT2D eigenvalue weighted by Crippen LogP contribution is -1.94. The summed E-state index contributed by atoms with van der Waals surface area (Å²) in [5.74, 6) is 1.58. The van der Waals surface area contributed by atoms with Gasteiger partial charge in [-0.25, -0.2) is 4.98 Å². The molecule has 0 aliphatic carbocycles. The maximum Gasteiger partial charge on any atom is 0.132 e. The highest BCUT2D eigenvalue weighted by Gasteiger charge is 2.01. The fourth-order valence-corrected chi connectivity index (χ4v) is 1.68. The van der Waals surface area contributed by atoms with Gasteiger partial charge in [-0.3, -0.25) is 10.1 Å². The van der Waals surface area contributed by atoms with Crippen molar-refractivity contribution in [1.29, 1.82) is 0 Å². The Kier molecular flexibility index (Phi) is 2.71. The molecule has 18 heavy (non-hydrogen) atoms. The molecule has 2 N–H and O–H groups in total. The van der Waals surface area contributed by atoms with Gasteiger partial charge in [0.1, 0.15) is 11.6 Å². The standard InChI is InChI=1S/C13H11N5/c1-2-11(9-14-5-1)10-3-6-15-13(8-10)17-12-4-7-16-18-12/h1-9H,(H2,15,16,17,18). The van der Waals surface area contributed by atoms with Crippen LogP contribution < -0.4 is 5.32 Å². The summed E-state index contributed by atoms with van der Waals surface area (Å²) < 4.78 is 0. The van der Waals surface area contributed by atoms with E-state index >= 15 is 0 Å². The number of hydrogen-bond acceptors (Lipinski definition) is 4. The predicted molar refractivity (Wildman–Crippen MR) is 69.3 cm³/mol. The molecule has 0 aromatic carbocycles. The summed E-state index contributed by atoms with van der Waals surface area (Å²) in [5.41, 5.74) is 2.13. The molecule has 88 valence electrons. The molecule has 3 aromatic rings. The number of hydrogen-bond donors (Lipinski definition) is 2. The van der Waals surface area contributed by atoms with Crippen LogP contribution in [0.5, 0.6) is 0 Å². The van der Waals surface area contributed by atoms with E-state index < -0.39 is 0 Å². The van der Waals surface area contributed by atoms with E-state index in [1.165, 1.54) is 0 Å². The van der Waals surface area contributed by atoms with Crippen LogP contribution in [0.15, 0.2) is 55.1 Å². The Morgan fingerprint density at radius 1 is 1.00 bits per heavy atom. The summed E-state index contributed by atoms with van der Waals surface area (Å²) >= 11 is 0. The molecule has 0 aliphatic heterocycles. The van der Waals surface area contributed by atoms with E-state index in [1.54, 1.807) is 18.6 Å². The first-order valence-electron chi connectivity index (χ1n) is 5.55. The smallest absolute Gasteiger partial charge is 0.132 e. The van der Waals surface area contributed by atoms with Crippen molar-refractivity contribution in [2.24, 2.45) is 0 Å². The van der Waals surface area contributed by atoms with Crippen LogP contribution >= 0.6 is 0 Å². The van der Waals surface area contributed by atoms with Crippen LogP contribution in [0.25, 0.3) is 11.1 Å². The number of pyridine rings is 2. The van der Waals surface area contributed by atoms with Crippen LogP contribution in [0, 0.1) is 0 Å². The zero-order valence-electron chi connectivity index (χ0n) is 9.54. The molecule has 3 rings (SSSR count). The summed E-state index contributed by atoms with van der Waals surface area (Å²) in [6, 6.07) is 9.70. The number of anilines is 2. The molecule has 5 nitrogen and oxygen atoms in total. The minimum absolute atomic E-state index is 0.764. The van der Waals surface area contributed by atoms with E-state index in [2.05, 4.69) is 25.5 Å². The zero-order valence-corrected chi connectivity index (χ0v) is 9.54. The Morgan fingerprint density at radius 2 is 2.00 bits per heavy atom. The molecule has 0 amide bonds. The molecular formula is C13H11N5. The molecule has 0 saturated carbocycles. The third-order valence-corrected chi connectivity index (χ3v) is 2.52. The van der Waals surface area contributed by atoms with E-state index in [-0.39, 0.29) is 0 Å². The van der Waals surface area contributed by atoms with Gasteiger partial charge in [-0.2, -0.15) is 5.10 Å². The van der Waals surface area contributed by atoms with Gasteiger partial charge in [0.15, 0.2) is 0 Å². The number of H-pyrrole nitrogens is 1. The molecule has 0 spiro atoms. The number of nitrogens with one attached hydrogen (secondary N) is 2. The first kappa shape index (κ1) is 10.5. The highest BCUT2D eigenvalue weighted by molar-refractivity contribution is 5.66. The Balaban J connectivity index is 1.90. The van der Waals surface area contributed by atoms with Gasteiger partial charge in [-0.05, 0) is 23.8 Å². The van der Waals surface area contributed by atoms with Gasteiger partial charge in [0.2, 0.25) is 0 Å². The summed E-state index contributed by atoms with van der Waals surface area (Å²) in [5, 5.41) is 9.85. The van der Waals surface area contributed by atoms with E-state index in [0.717, 1.165) is 22.8 Å². The molecule has 0 atom stereocenters. The van der Waals surface area contributed by atoms with E-state index in [9.17, 15) is 0 Å². The summed E-state index contributed by atoms with van der Waals surface area (Å²) in [6.45, 7) is 0. The van der Waals surface area contributed by atoms with Crippen molar-refractivity contribution in [3.63, 3.8) is 0 Å².